The smallest absolute Gasteiger partial charge is 0.312 e. The van der Waals surface area contributed by atoms with Crippen molar-refractivity contribution in [1.82, 2.24) is 9.55 Å². The Morgan fingerprint density at radius 1 is 0.893 bits per heavy atom. The number of amides is 2. The van der Waals surface area contributed by atoms with Gasteiger partial charge in [0, 0.05) is 17.3 Å². The van der Waals surface area contributed by atoms with E-state index in [1.807, 2.05) is 19.9 Å². The molecule has 0 radical (unpaired) electrons. The summed E-state index contributed by atoms with van der Waals surface area (Å²) in [5.74, 6) is -1.06. The van der Waals surface area contributed by atoms with E-state index in [1.54, 1.807) is 36.4 Å². The largest absolute Gasteiger partial charge is 0.328 e. The lowest BCUT2D eigenvalue weighted by atomic mass is 10.0. The molecule has 1 fully saturated rings. The molecule has 2 amide bonds. The van der Waals surface area contributed by atoms with Crippen molar-refractivity contribution in [2.45, 2.75) is 33.2 Å². The fourth-order valence-electron chi connectivity index (χ4n) is 3.20. The molecule has 1 saturated heterocycles. The van der Waals surface area contributed by atoms with Crippen molar-refractivity contribution < 1.29 is 9.59 Å². The summed E-state index contributed by atoms with van der Waals surface area (Å²) in [6.45, 7) is 4.05. The van der Waals surface area contributed by atoms with E-state index in [4.69, 9.17) is 0 Å². The Labute approximate surface area is 161 Å². The molecule has 28 heavy (non-hydrogen) atoms. The maximum atomic E-state index is 12.8. The lowest BCUT2D eigenvalue weighted by Gasteiger charge is -2.14. The van der Waals surface area contributed by atoms with Gasteiger partial charge >= 0.3 is 5.69 Å². The molecule has 1 aromatic heterocycles. The van der Waals surface area contributed by atoms with Gasteiger partial charge < -0.3 is 4.98 Å². The minimum Gasteiger partial charge on any atom is -0.312 e. The Morgan fingerprint density at radius 2 is 1.46 bits per heavy atom. The highest BCUT2D eigenvalue weighted by Gasteiger charge is 2.41. The zero-order valence-corrected chi connectivity index (χ0v) is 15.8. The van der Waals surface area contributed by atoms with Crippen LogP contribution in [0.2, 0.25) is 0 Å². The summed E-state index contributed by atoms with van der Waals surface area (Å²) in [5.41, 5.74) is -0.0262. The van der Waals surface area contributed by atoms with E-state index in [0.29, 0.717) is 24.0 Å². The van der Waals surface area contributed by atoms with Crippen LogP contribution < -0.4 is 16.1 Å². The summed E-state index contributed by atoms with van der Waals surface area (Å²) in [7, 11) is 0. The third-order valence-electron chi connectivity index (χ3n) is 4.49. The summed E-state index contributed by atoms with van der Waals surface area (Å²) in [4.78, 5) is 53.5. The molecule has 2 aliphatic rings. The van der Waals surface area contributed by atoms with Gasteiger partial charge in [-0.25, -0.2) is 9.69 Å². The highest BCUT2D eigenvalue weighted by Crippen LogP contribution is 2.31. The number of benzene rings is 1. The molecule has 2 aromatic rings. The Hall–Kier alpha value is -3.48. The zero-order valence-electron chi connectivity index (χ0n) is 15.8. The van der Waals surface area contributed by atoms with E-state index in [9.17, 15) is 19.2 Å². The molecule has 0 atom stereocenters. The summed E-state index contributed by atoms with van der Waals surface area (Å²) in [6, 6.07) is 9.01. The average Bonchev–Trinajstić information content (AvgIpc) is 2.99. The summed E-state index contributed by atoms with van der Waals surface area (Å²) < 4.78 is 0.982. The molecule has 7 heteroatoms. The van der Waals surface area contributed by atoms with Crippen molar-refractivity contribution >= 4 is 17.5 Å². The van der Waals surface area contributed by atoms with Crippen LogP contribution in [0.3, 0.4) is 0 Å². The number of carbonyl (C=O) groups is 2. The molecule has 1 aliphatic heterocycles. The van der Waals surface area contributed by atoms with Gasteiger partial charge in [0.25, 0.3) is 17.4 Å². The summed E-state index contributed by atoms with van der Waals surface area (Å²) >= 11 is 0. The van der Waals surface area contributed by atoms with Gasteiger partial charge in [0.15, 0.2) is 0 Å². The topological polar surface area (TPSA) is 92.2 Å². The maximum absolute atomic E-state index is 12.8. The first-order valence-corrected chi connectivity index (χ1v) is 9.24. The van der Waals surface area contributed by atoms with Gasteiger partial charge in [0.05, 0.1) is 6.54 Å². The highest BCUT2D eigenvalue weighted by atomic mass is 16.2. The van der Waals surface area contributed by atoms with Gasteiger partial charge in [0.2, 0.25) is 0 Å². The predicted octanol–water partition coefficient (Wildman–Crippen LogP) is 2.13. The number of aromatic amines is 1. The Bertz CT molecular complexity index is 1060. The predicted molar refractivity (Wildman–Crippen MR) is 106 cm³/mol. The van der Waals surface area contributed by atoms with Gasteiger partial charge in [-0.1, -0.05) is 56.3 Å². The Kier molecular flexibility index (Phi) is 5.54. The minimum absolute atomic E-state index is 0.0461. The second kappa shape index (κ2) is 8.04. The molecule has 1 N–H and O–H groups in total. The number of rotatable bonds is 3. The van der Waals surface area contributed by atoms with Gasteiger partial charge in [0.1, 0.15) is 5.69 Å². The van der Waals surface area contributed by atoms with Crippen LogP contribution >= 0.6 is 0 Å². The number of hydrogen-bond donors (Lipinski definition) is 1. The van der Waals surface area contributed by atoms with Crippen LogP contribution in [0, 0.1) is 0 Å². The lowest BCUT2D eigenvalue weighted by molar-refractivity contribution is -0.119. The van der Waals surface area contributed by atoms with Crippen LogP contribution in [-0.4, -0.2) is 21.4 Å². The molecule has 7 nitrogen and oxygen atoms in total. The van der Waals surface area contributed by atoms with Crippen molar-refractivity contribution in [1.29, 1.82) is 0 Å². The molecule has 144 valence electrons. The van der Waals surface area contributed by atoms with Crippen molar-refractivity contribution in [2.24, 2.45) is 0 Å². The van der Waals surface area contributed by atoms with Gasteiger partial charge in [-0.15, -0.1) is 0 Å². The first-order valence-electron chi connectivity index (χ1n) is 9.24. The molecule has 4 rings (SSSR count). The van der Waals surface area contributed by atoms with Crippen molar-refractivity contribution in [2.75, 3.05) is 4.90 Å². The van der Waals surface area contributed by atoms with Crippen LogP contribution in [0.15, 0.2) is 69.4 Å². The first kappa shape index (κ1) is 19.3. The maximum Gasteiger partial charge on any atom is 0.328 e. The van der Waals surface area contributed by atoms with Crippen LogP contribution in [0.4, 0.5) is 5.69 Å². The van der Waals surface area contributed by atoms with E-state index < -0.39 is 23.1 Å². The molecule has 1 aliphatic carbocycles. The van der Waals surface area contributed by atoms with Crippen molar-refractivity contribution in [3.63, 3.8) is 0 Å². The second-order valence-electron chi connectivity index (χ2n) is 6.11. The Morgan fingerprint density at radius 3 is 2.04 bits per heavy atom. The van der Waals surface area contributed by atoms with Gasteiger partial charge in [-0.3, -0.25) is 19.0 Å². The SMILES string of the molecule is CC.O=C1C2=CCCC=C2C(=O)N1c1c[nH]c(=O)n(Cc2ccccc2)c1=O. The standard InChI is InChI=1S/C19H15N3O4.C2H6/c23-16-13-8-4-5-9-14(13)17(24)22(16)15-10-20-19(26)21(18(15)25)11-12-6-2-1-3-7-12;1-2/h1-3,6-10H,4-5,11H2,(H,20,26);1-2H3. The van der Waals surface area contributed by atoms with E-state index in [0.717, 1.165) is 21.2 Å². The third-order valence-corrected chi connectivity index (χ3v) is 4.49. The normalized spacial score (nSPS) is 15.4. The number of anilines is 1. The quantitative estimate of drug-likeness (QED) is 0.827. The molecule has 2 heterocycles. The third kappa shape index (κ3) is 3.26. The summed E-state index contributed by atoms with van der Waals surface area (Å²) in [5, 5.41) is 0. The molecule has 0 unspecified atom stereocenters. The second-order valence-corrected chi connectivity index (χ2v) is 6.11. The fraction of sp³-hybridized carbons (Fsp3) is 0.238. The summed E-state index contributed by atoms with van der Waals surface area (Å²) in [6.07, 6.45) is 5.90. The molecular weight excluding hydrogens is 358 g/mol. The molecular formula is C21H21N3O4. The van der Waals surface area contributed by atoms with Crippen LogP contribution in [0.25, 0.3) is 0 Å². The van der Waals surface area contributed by atoms with E-state index >= 15 is 0 Å². The number of imide groups is 1. The number of hydrogen-bond acceptors (Lipinski definition) is 4. The van der Waals surface area contributed by atoms with Crippen LogP contribution in [0.5, 0.6) is 0 Å². The monoisotopic (exact) mass is 379 g/mol. The average molecular weight is 379 g/mol. The fourth-order valence-corrected chi connectivity index (χ4v) is 3.20. The number of H-pyrrole nitrogens is 1. The van der Waals surface area contributed by atoms with Crippen LogP contribution in [-0.2, 0) is 16.1 Å². The Balaban J connectivity index is 0.00000109. The lowest BCUT2D eigenvalue weighted by Crippen LogP contribution is -2.41. The van der Waals surface area contributed by atoms with E-state index in [1.165, 1.54) is 0 Å². The number of nitrogens with zero attached hydrogens (tertiary/aromatic N) is 2. The number of nitrogens with one attached hydrogen (secondary N) is 1. The molecule has 0 saturated carbocycles. The van der Waals surface area contributed by atoms with Crippen molar-refractivity contribution in [3.8, 4) is 0 Å². The van der Waals surface area contributed by atoms with Gasteiger partial charge in [-0.05, 0) is 18.4 Å². The number of allylic oxidation sites excluding steroid dienone is 2. The molecule has 0 bridgehead atoms. The number of fused-ring (bicyclic) bond motifs is 1. The number of aromatic nitrogens is 2. The number of carbonyl (C=O) groups excluding carboxylic acids is 2. The van der Waals surface area contributed by atoms with E-state index in [-0.39, 0.29) is 12.2 Å². The molecule has 1 aromatic carbocycles. The minimum atomic E-state index is -0.681. The molecule has 0 spiro atoms. The van der Waals surface area contributed by atoms with Crippen LogP contribution in [0.1, 0.15) is 32.3 Å². The van der Waals surface area contributed by atoms with Crippen molar-refractivity contribution in [3.05, 3.63) is 86.2 Å². The van der Waals surface area contributed by atoms with E-state index in [2.05, 4.69) is 4.98 Å². The first-order chi connectivity index (χ1) is 13.6. The van der Waals surface area contributed by atoms with Gasteiger partial charge in [-0.2, -0.15) is 0 Å². The zero-order chi connectivity index (χ0) is 20.3. The highest BCUT2D eigenvalue weighted by molar-refractivity contribution is 6.37.